The minimum absolute atomic E-state index is 0.163. The molecule has 4 N–H and O–H groups in total. The molecular formula is C15H34N2. The van der Waals surface area contributed by atoms with E-state index in [1.807, 2.05) is 0 Å². The monoisotopic (exact) mass is 242 g/mol. The molecule has 0 aromatic carbocycles. The maximum atomic E-state index is 6.72. The molecule has 0 heterocycles. The smallest absolute Gasteiger partial charge is 0.0335 e. The van der Waals surface area contributed by atoms with Gasteiger partial charge in [0.25, 0.3) is 0 Å². The first kappa shape index (κ1) is 16.9. The topological polar surface area (TPSA) is 52.0 Å². The van der Waals surface area contributed by atoms with E-state index in [0.717, 1.165) is 12.8 Å². The van der Waals surface area contributed by atoms with Gasteiger partial charge in [0.2, 0.25) is 0 Å². The van der Waals surface area contributed by atoms with Crippen molar-refractivity contribution in [3.05, 3.63) is 0 Å². The van der Waals surface area contributed by atoms with Crippen LogP contribution in [0, 0.1) is 5.41 Å². The van der Waals surface area contributed by atoms with Crippen molar-refractivity contribution in [2.75, 3.05) is 6.54 Å². The molecule has 0 radical (unpaired) electrons. The van der Waals surface area contributed by atoms with Gasteiger partial charge in [-0.25, -0.2) is 0 Å². The van der Waals surface area contributed by atoms with Crippen LogP contribution in [0.15, 0.2) is 0 Å². The maximum absolute atomic E-state index is 6.72. The molecule has 1 unspecified atom stereocenters. The zero-order chi connectivity index (χ0) is 13.4. The van der Waals surface area contributed by atoms with Gasteiger partial charge in [-0.2, -0.15) is 0 Å². The van der Waals surface area contributed by atoms with E-state index in [-0.39, 0.29) is 11.0 Å². The molecule has 0 aromatic rings. The molecule has 0 rings (SSSR count). The largest absolute Gasteiger partial charge is 0.329 e. The van der Waals surface area contributed by atoms with Crippen molar-refractivity contribution in [2.45, 2.75) is 84.6 Å². The summed E-state index contributed by atoms with van der Waals surface area (Å²) in [5.41, 5.74) is 12.9. The van der Waals surface area contributed by atoms with Gasteiger partial charge in [0, 0.05) is 12.1 Å². The minimum Gasteiger partial charge on any atom is -0.329 e. The predicted octanol–water partition coefficient (Wildman–Crippen LogP) is 3.83. The molecule has 0 fully saturated rings. The lowest BCUT2D eigenvalue weighted by atomic mass is 9.60. The van der Waals surface area contributed by atoms with Gasteiger partial charge in [-0.3, -0.25) is 0 Å². The summed E-state index contributed by atoms with van der Waals surface area (Å²) in [6.07, 6.45) is 9.50. The van der Waals surface area contributed by atoms with Crippen molar-refractivity contribution in [1.82, 2.24) is 0 Å². The molecule has 0 spiro atoms. The average molecular weight is 242 g/mol. The molecule has 104 valence electrons. The molecule has 0 aliphatic heterocycles. The molecule has 2 heteroatoms. The Morgan fingerprint density at radius 2 is 1.06 bits per heavy atom. The fourth-order valence-corrected chi connectivity index (χ4v) is 3.59. The van der Waals surface area contributed by atoms with E-state index in [0.29, 0.717) is 6.54 Å². The van der Waals surface area contributed by atoms with Gasteiger partial charge in [0.05, 0.1) is 0 Å². The fourth-order valence-electron chi connectivity index (χ4n) is 3.59. The quantitative estimate of drug-likeness (QED) is 0.612. The third-order valence-electron chi connectivity index (χ3n) is 4.30. The summed E-state index contributed by atoms with van der Waals surface area (Å²) in [5, 5.41) is 0. The lowest BCUT2D eigenvalue weighted by Gasteiger charge is -2.49. The summed E-state index contributed by atoms with van der Waals surface area (Å²) in [4.78, 5) is 0. The Labute approximate surface area is 109 Å². The van der Waals surface area contributed by atoms with Crippen LogP contribution in [0.2, 0.25) is 0 Å². The molecule has 1 atom stereocenters. The van der Waals surface area contributed by atoms with Crippen molar-refractivity contribution in [2.24, 2.45) is 16.9 Å². The van der Waals surface area contributed by atoms with Gasteiger partial charge in [0.15, 0.2) is 0 Å². The third-order valence-corrected chi connectivity index (χ3v) is 4.30. The summed E-state index contributed by atoms with van der Waals surface area (Å²) in [5.74, 6) is 0. The van der Waals surface area contributed by atoms with Crippen LogP contribution in [-0.4, -0.2) is 12.1 Å². The highest BCUT2D eigenvalue weighted by molar-refractivity contribution is 5.02. The second-order valence-electron chi connectivity index (χ2n) is 5.64. The van der Waals surface area contributed by atoms with Gasteiger partial charge in [0.1, 0.15) is 0 Å². The average Bonchev–Trinajstić information content (AvgIpc) is 2.30. The summed E-state index contributed by atoms with van der Waals surface area (Å²) in [6.45, 7) is 9.64. The van der Waals surface area contributed by atoms with E-state index in [2.05, 4.69) is 27.7 Å². The van der Waals surface area contributed by atoms with Crippen LogP contribution in [0.1, 0.15) is 79.1 Å². The Bertz CT molecular complexity index is 174. The van der Waals surface area contributed by atoms with E-state index >= 15 is 0 Å². The third kappa shape index (κ3) is 3.96. The zero-order valence-electron chi connectivity index (χ0n) is 12.5. The first-order valence-corrected chi connectivity index (χ1v) is 7.54. The number of nitrogens with two attached hydrogens (primary N) is 2. The highest BCUT2D eigenvalue weighted by Gasteiger charge is 2.44. The normalized spacial score (nSPS) is 15.9. The Kier molecular flexibility index (Phi) is 8.06. The van der Waals surface area contributed by atoms with Crippen molar-refractivity contribution in [3.63, 3.8) is 0 Å². The van der Waals surface area contributed by atoms with E-state index in [9.17, 15) is 0 Å². The van der Waals surface area contributed by atoms with Crippen molar-refractivity contribution in [3.8, 4) is 0 Å². The van der Waals surface area contributed by atoms with Crippen LogP contribution in [0.25, 0.3) is 0 Å². The van der Waals surface area contributed by atoms with Gasteiger partial charge < -0.3 is 11.5 Å². The van der Waals surface area contributed by atoms with Gasteiger partial charge >= 0.3 is 0 Å². The van der Waals surface area contributed by atoms with E-state index in [1.165, 1.54) is 38.5 Å². The second-order valence-corrected chi connectivity index (χ2v) is 5.64. The Balaban J connectivity index is 5.17. The Hall–Kier alpha value is -0.0800. The fraction of sp³-hybridized carbons (Fsp3) is 1.00. The van der Waals surface area contributed by atoms with Crippen molar-refractivity contribution in [1.29, 1.82) is 0 Å². The Morgan fingerprint density at radius 1 is 0.706 bits per heavy atom. The summed E-state index contributed by atoms with van der Waals surface area (Å²) in [7, 11) is 0. The van der Waals surface area contributed by atoms with Crippen LogP contribution in [0.5, 0.6) is 0 Å². The summed E-state index contributed by atoms with van der Waals surface area (Å²) in [6, 6.07) is 0. The molecule has 0 saturated heterocycles. The molecule has 0 aromatic heterocycles. The van der Waals surface area contributed by atoms with Crippen molar-refractivity contribution >= 4 is 0 Å². The van der Waals surface area contributed by atoms with Gasteiger partial charge in [-0.1, -0.05) is 53.4 Å². The van der Waals surface area contributed by atoms with Crippen LogP contribution < -0.4 is 11.5 Å². The maximum Gasteiger partial charge on any atom is 0.0335 e. The first-order valence-electron chi connectivity index (χ1n) is 7.54. The summed E-state index contributed by atoms with van der Waals surface area (Å²) >= 11 is 0. The van der Waals surface area contributed by atoms with Crippen LogP contribution in [0.3, 0.4) is 0 Å². The number of rotatable bonds is 10. The molecule has 0 aliphatic carbocycles. The van der Waals surface area contributed by atoms with Crippen LogP contribution >= 0.6 is 0 Å². The molecular weight excluding hydrogens is 208 g/mol. The molecule has 17 heavy (non-hydrogen) atoms. The minimum atomic E-state index is -0.163. The van der Waals surface area contributed by atoms with Crippen LogP contribution in [0.4, 0.5) is 0 Å². The Morgan fingerprint density at radius 3 is 1.29 bits per heavy atom. The standard InChI is InChI=1S/C15H34N2/c1-5-9-14(10-6-2,11-7-3)15(17,13-16)12-8-4/h5-13,16-17H2,1-4H3. The van der Waals surface area contributed by atoms with E-state index < -0.39 is 0 Å². The molecule has 0 bridgehead atoms. The lowest BCUT2D eigenvalue weighted by molar-refractivity contribution is 0.0742. The first-order chi connectivity index (χ1) is 8.05. The SMILES string of the molecule is CCCC(N)(CN)C(CCC)(CCC)CCC. The summed E-state index contributed by atoms with van der Waals surface area (Å²) < 4.78 is 0. The predicted molar refractivity (Wildman–Crippen MR) is 78.0 cm³/mol. The highest BCUT2D eigenvalue weighted by Crippen LogP contribution is 2.45. The second kappa shape index (κ2) is 8.10. The number of hydrogen-bond donors (Lipinski definition) is 2. The zero-order valence-corrected chi connectivity index (χ0v) is 12.5. The van der Waals surface area contributed by atoms with E-state index in [1.54, 1.807) is 0 Å². The lowest BCUT2D eigenvalue weighted by Crippen LogP contribution is -2.60. The van der Waals surface area contributed by atoms with Crippen molar-refractivity contribution < 1.29 is 0 Å². The van der Waals surface area contributed by atoms with Gasteiger partial charge in [-0.15, -0.1) is 0 Å². The molecule has 0 aliphatic rings. The number of hydrogen-bond acceptors (Lipinski definition) is 2. The van der Waals surface area contributed by atoms with Crippen LogP contribution in [-0.2, 0) is 0 Å². The molecule has 0 amide bonds. The highest BCUT2D eigenvalue weighted by atomic mass is 14.9. The molecule has 2 nitrogen and oxygen atoms in total. The van der Waals surface area contributed by atoms with Gasteiger partial charge in [-0.05, 0) is 31.1 Å². The molecule has 0 saturated carbocycles. The van der Waals surface area contributed by atoms with E-state index in [4.69, 9.17) is 11.5 Å².